The van der Waals surface area contributed by atoms with Crippen molar-refractivity contribution in [3.8, 4) is 0 Å². The summed E-state index contributed by atoms with van der Waals surface area (Å²) < 4.78 is 0. The van der Waals surface area contributed by atoms with Gasteiger partial charge in [0.25, 0.3) is 0 Å². The van der Waals surface area contributed by atoms with E-state index in [1.807, 2.05) is 6.20 Å². The van der Waals surface area contributed by atoms with Gasteiger partial charge < -0.3 is 10.2 Å². The molecule has 1 unspecified atom stereocenters. The Bertz CT molecular complexity index is 357. The molecular formula is C11H12N2. The zero-order valence-electron chi connectivity index (χ0n) is 7.40. The van der Waals surface area contributed by atoms with Crippen LogP contribution in [-0.4, -0.2) is 11.4 Å². The Kier molecular flexibility index (Phi) is 1.36. The lowest BCUT2D eigenvalue weighted by Crippen LogP contribution is -2.33. The minimum absolute atomic E-state index is 0.393. The fourth-order valence-electron chi connectivity index (χ4n) is 2.16. The van der Waals surface area contributed by atoms with E-state index in [0.29, 0.717) is 6.17 Å². The van der Waals surface area contributed by atoms with E-state index in [2.05, 4.69) is 40.7 Å². The van der Waals surface area contributed by atoms with Crippen molar-refractivity contribution in [2.45, 2.75) is 12.6 Å². The first-order chi connectivity index (χ1) is 6.45. The van der Waals surface area contributed by atoms with Crippen LogP contribution >= 0.6 is 0 Å². The van der Waals surface area contributed by atoms with Crippen molar-refractivity contribution in [2.24, 2.45) is 0 Å². The molecule has 0 aromatic heterocycles. The van der Waals surface area contributed by atoms with Crippen molar-refractivity contribution in [2.75, 3.05) is 6.54 Å². The third-order valence-corrected chi connectivity index (χ3v) is 2.84. The molecule has 0 aliphatic carbocycles. The van der Waals surface area contributed by atoms with Crippen LogP contribution in [0, 0.1) is 0 Å². The molecule has 2 heterocycles. The lowest BCUT2D eigenvalue weighted by atomic mass is 9.98. The summed E-state index contributed by atoms with van der Waals surface area (Å²) in [5, 5.41) is 3.36. The van der Waals surface area contributed by atoms with Crippen LogP contribution < -0.4 is 5.32 Å². The van der Waals surface area contributed by atoms with Crippen molar-refractivity contribution in [3.63, 3.8) is 0 Å². The van der Waals surface area contributed by atoms with E-state index in [0.717, 1.165) is 6.54 Å². The molecule has 2 nitrogen and oxygen atoms in total. The first-order valence-electron chi connectivity index (χ1n) is 4.71. The van der Waals surface area contributed by atoms with Gasteiger partial charge in [-0.25, -0.2) is 0 Å². The van der Waals surface area contributed by atoms with Gasteiger partial charge in [-0.3, -0.25) is 0 Å². The molecule has 66 valence electrons. The van der Waals surface area contributed by atoms with Crippen molar-refractivity contribution >= 4 is 0 Å². The van der Waals surface area contributed by atoms with Crippen LogP contribution in [0.1, 0.15) is 17.3 Å². The maximum atomic E-state index is 3.36. The average Bonchev–Trinajstić information content (AvgIpc) is 2.65. The van der Waals surface area contributed by atoms with Gasteiger partial charge in [0, 0.05) is 18.9 Å². The summed E-state index contributed by atoms with van der Waals surface area (Å²) >= 11 is 0. The molecule has 0 amide bonds. The highest BCUT2D eigenvalue weighted by atomic mass is 15.3. The summed E-state index contributed by atoms with van der Waals surface area (Å²) in [7, 11) is 0. The number of nitrogens with one attached hydrogen (secondary N) is 1. The molecule has 13 heavy (non-hydrogen) atoms. The predicted octanol–water partition coefficient (Wildman–Crippen LogP) is 1.62. The minimum atomic E-state index is 0.393. The highest BCUT2D eigenvalue weighted by molar-refractivity contribution is 5.33. The Morgan fingerprint density at radius 1 is 1.31 bits per heavy atom. The first kappa shape index (κ1) is 7.01. The van der Waals surface area contributed by atoms with Crippen molar-refractivity contribution in [1.29, 1.82) is 0 Å². The SMILES string of the molecule is C1=CN2CCc3ccccc3C2N1. The van der Waals surface area contributed by atoms with Gasteiger partial charge in [-0.2, -0.15) is 0 Å². The monoisotopic (exact) mass is 172 g/mol. The number of hydrogen-bond acceptors (Lipinski definition) is 2. The Labute approximate surface area is 77.9 Å². The fraction of sp³-hybridized carbons (Fsp3) is 0.273. The van der Waals surface area contributed by atoms with E-state index in [1.54, 1.807) is 0 Å². The summed E-state index contributed by atoms with van der Waals surface area (Å²) in [5.41, 5.74) is 2.92. The van der Waals surface area contributed by atoms with E-state index < -0.39 is 0 Å². The number of rotatable bonds is 0. The van der Waals surface area contributed by atoms with Crippen LogP contribution in [0.4, 0.5) is 0 Å². The second-order valence-electron chi connectivity index (χ2n) is 3.57. The molecule has 1 atom stereocenters. The Hall–Kier alpha value is -1.44. The van der Waals surface area contributed by atoms with Crippen LogP contribution in [0.25, 0.3) is 0 Å². The molecule has 2 heteroatoms. The summed E-state index contributed by atoms with van der Waals surface area (Å²) in [6.07, 6.45) is 5.73. The smallest absolute Gasteiger partial charge is 0.125 e. The van der Waals surface area contributed by atoms with Crippen LogP contribution in [0.3, 0.4) is 0 Å². The van der Waals surface area contributed by atoms with Crippen LogP contribution in [0.2, 0.25) is 0 Å². The van der Waals surface area contributed by atoms with Crippen LogP contribution in [0.15, 0.2) is 36.7 Å². The molecule has 0 spiro atoms. The predicted molar refractivity (Wildman–Crippen MR) is 51.9 cm³/mol. The summed E-state index contributed by atoms with van der Waals surface area (Å²) in [6.45, 7) is 1.13. The molecule has 0 saturated carbocycles. The highest BCUT2D eigenvalue weighted by Gasteiger charge is 2.26. The van der Waals surface area contributed by atoms with Gasteiger partial charge in [0.1, 0.15) is 6.17 Å². The molecule has 3 rings (SSSR count). The third-order valence-electron chi connectivity index (χ3n) is 2.84. The summed E-state index contributed by atoms with van der Waals surface area (Å²) in [5.74, 6) is 0. The fourth-order valence-corrected chi connectivity index (χ4v) is 2.16. The molecule has 1 N–H and O–H groups in total. The molecule has 1 aromatic rings. The maximum Gasteiger partial charge on any atom is 0.125 e. The van der Waals surface area contributed by atoms with Crippen molar-refractivity contribution < 1.29 is 0 Å². The zero-order chi connectivity index (χ0) is 8.67. The van der Waals surface area contributed by atoms with Gasteiger partial charge in [0.2, 0.25) is 0 Å². The lowest BCUT2D eigenvalue weighted by Gasteiger charge is -2.32. The van der Waals surface area contributed by atoms with Gasteiger partial charge in [-0.1, -0.05) is 24.3 Å². The number of benzene rings is 1. The van der Waals surface area contributed by atoms with Gasteiger partial charge in [-0.05, 0) is 17.5 Å². The lowest BCUT2D eigenvalue weighted by molar-refractivity contribution is 0.268. The van der Waals surface area contributed by atoms with E-state index in [4.69, 9.17) is 0 Å². The first-order valence-corrected chi connectivity index (χ1v) is 4.71. The zero-order valence-corrected chi connectivity index (χ0v) is 7.40. The molecule has 2 aliphatic heterocycles. The van der Waals surface area contributed by atoms with E-state index in [1.165, 1.54) is 17.5 Å². The molecule has 0 bridgehead atoms. The normalized spacial score (nSPS) is 23.7. The maximum absolute atomic E-state index is 3.36. The van der Waals surface area contributed by atoms with Crippen LogP contribution in [-0.2, 0) is 6.42 Å². The molecule has 0 fully saturated rings. The average molecular weight is 172 g/mol. The number of nitrogens with zero attached hydrogens (tertiary/aromatic N) is 1. The molecule has 2 aliphatic rings. The van der Waals surface area contributed by atoms with E-state index in [9.17, 15) is 0 Å². The molecule has 0 saturated heterocycles. The van der Waals surface area contributed by atoms with Gasteiger partial charge in [0.05, 0.1) is 0 Å². The summed E-state index contributed by atoms with van der Waals surface area (Å²) in [6, 6.07) is 8.68. The topological polar surface area (TPSA) is 15.3 Å². The van der Waals surface area contributed by atoms with E-state index in [-0.39, 0.29) is 0 Å². The standard InChI is InChI=1S/C11H12N2/c1-2-4-10-9(3-1)5-7-13-8-6-12-11(10)13/h1-4,6,8,11-12H,5,7H2. The van der Waals surface area contributed by atoms with Crippen molar-refractivity contribution in [1.82, 2.24) is 10.2 Å². The third kappa shape index (κ3) is 0.949. The second kappa shape index (κ2) is 2.52. The second-order valence-corrected chi connectivity index (χ2v) is 3.57. The Morgan fingerprint density at radius 2 is 2.23 bits per heavy atom. The largest absolute Gasteiger partial charge is 0.366 e. The summed E-state index contributed by atoms with van der Waals surface area (Å²) in [4.78, 5) is 2.35. The molecular weight excluding hydrogens is 160 g/mol. The molecule has 0 radical (unpaired) electrons. The number of fused-ring (bicyclic) bond motifs is 3. The van der Waals surface area contributed by atoms with Crippen LogP contribution in [0.5, 0.6) is 0 Å². The quantitative estimate of drug-likeness (QED) is 0.639. The highest BCUT2D eigenvalue weighted by Crippen LogP contribution is 2.29. The van der Waals surface area contributed by atoms with E-state index >= 15 is 0 Å². The van der Waals surface area contributed by atoms with Gasteiger partial charge >= 0.3 is 0 Å². The number of hydrogen-bond donors (Lipinski definition) is 1. The van der Waals surface area contributed by atoms with Gasteiger partial charge in [0.15, 0.2) is 0 Å². The minimum Gasteiger partial charge on any atom is -0.366 e. The van der Waals surface area contributed by atoms with Gasteiger partial charge in [-0.15, -0.1) is 0 Å². The van der Waals surface area contributed by atoms with Crippen molar-refractivity contribution in [3.05, 3.63) is 47.8 Å². The molecule has 1 aromatic carbocycles. The Balaban J connectivity index is 2.08. The Morgan fingerprint density at radius 3 is 3.23 bits per heavy atom.